The fourth-order valence-corrected chi connectivity index (χ4v) is 2.84. The van der Waals surface area contributed by atoms with Crippen molar-refractivity contribution in [1.29, 1.82) is 0 Å². The van der Waals surface area contributed by atoms with Crippen LogP contribution in [0.1, 0.15) is 36.4 Å². The van der Waals surface area contributed by atoms with Gasteiger partial charge in [0.25, 0.3) is 5.56 Å². The second-order valence-electron chi connectivity index (χ2n) is 6.03. The minimum Gasteiger partial charge on any atom is -0.360 e. The van der Waals surface area contributed by atoms with Crippen molar-refractivity contribution in [3.63, 3.8) is 0 Å². The molecule has 1 aromatic carbocycles. The molecule has 0 spiro atoms. The molecule has 1 amide bonds. The zero-order chi connectivity index (χ0) is 18.0. The van der Waals surface area contributed by atoms with Crippen molar-refractivity contribution in [3.05, 3.63) is 57.7 Å². The summed E-state index contributed by atoms with van der Waals surface area (Å²) in [6.45, 7) is 5.65. The second-order valence-corrected chi connectivity index (χ2v) is 6.03. The van der Waals surface area contributed by atoms with Crippen LogP contribution in [0, 0.1) is 13.8 Å². The molecule has 0 unspecified atom stereocenters. The van der Waals surface area contributed by atoms with Gasteiger partial charge in [0.15, 0.2) is 5.52 Å². The van der Waals surface area contributed by atoms with Crippen LogP contribution in [0.25, 0.3) is 10.9 Å². The molecule has 3 aromatic rings. The summed E-state index contributed by atoms with van der Waals surface area (Å²) >= 11 is 0. The van der Waals surface area contributed by atoms with Crippen molar-refractivity contribution in [1.82, 2.24) is 20.3 Å². The highest BCUT2D eigenvalue weighted by molar-refractivity contribution is 5.81. The first-order valence-corrected chi connectivity index (χ1v) is 8.15. The lowest BCUT2D eigenvalue weighted by Crippen LogP contribution is -2.30. The first kappa shape index (κ1) is 16.9. The van der Waals surface area contributed by atoms with Gasteiger partial charge in [-0.05, 0) is 26.3 Å². The number of nitrogens with one attached hydrogen (secondary N) is 1. The molecule has 2 heterocycles. The Morgan fingerprint density at radius 1 is 1.28 bits per heavy atom. The zero-order valence-electron chi connectivity index (χ0n) is 14.4. The molecular formula is C18H20N4O3. The fourth-order valence-electron chi connectivity index (χ4n) is 2.84. The summed E-state index contributed by atoms with van der Waals surface area (Å²) in [4.78, 5) is 24.6. The van der Waals surface area contributed by atoms with Gasteiger partial charge >= 0.3 is 0 Å². The number of aryl methyl sites for hydroxylation is 3. The Labute approximate surface area is 144 Å². The summed E-state index contributed by atoms with van der Waals surface area (Å²) in [5, 5.41) is 11.6. The summed E-state index contributed by atoms with van der Waals surface area (Å²) in [6.07, 6.45) is 0.159. The third-order valence-corrected chi connectivity index (χ3v) is 4.16. The van der Waals surface area contributed by atoms with Gasteiger partial charge in [0.1, 0.15) is 5.76 Å². The van der Waals surface area contributed by atoms with E-state index < -0.39 is 0 Å². The number of rotatable bonds is 5. The van der Waals surface area contributed by atoms with Gasteiger partial charge in [-0.15, -0.1) is 0 Å². The van der Waals surface area contributed by atoms with Crippen LogP contribution in [0.2, 0.25) is 0 Å². The number of carbonyl (C=O) groups excluding carboxylic acids is 1. The van der Waals surface area contributed by atoms with Crippen LogP contribution in [0.4, 0.5) is 0 Å². The molecule has 1 N–H and O–H groups in total. The third-order valence-electron chi connectivity index (χ3n) is 4.16. The summed E-state index contributed by atoms with van der Waals surface area (Å²) in [7, 11) is 0. The Kier molecular flexibility index (Phi) is 4.65. The van der Waals surface area contributed by atoms with E-state index in [1.54, 1.807) is 13.8 Å². The molecule has 0 saturated carbocycles. The minimum atomic E-state index is -0.346. The highest BCUT2D eigenvalue weighted by atomic mass is 16.5. The highest BCUT2D eigenvalue weighted by Gasteiger charge is 2.16. The molecule has 2 aromatic heterocycles. The maximum Gasteiger partial charge on any atom is 0.296 e. The largest absolute Gasteiger partial charge is 0.360 e. The molecule has 7 heteroatoms. The summed E-state index contributed by atoms with van der Waals surface area (Å²) < 4.78 is 6.35. The Bertz CT molecular complexity index is 960. The van der Waals surface area contributed by atoms with E-state index in [4.69, 9.17) is 4.52 Å². The van der Waals surface area contributed by atoms with Gasteiger partial charge in [0, 0.05) is 6.42 Å². The van der Waals surface area contributed by atoms with Gasteiger partial charge < -0.3 is 9.84 Å². The number of aromatic nitrogens is 3. The van der Waals surface area contributed by atoms with Gasteiger partial charge in [0.2, 0.25) is 5.91 Å². The maximum atomic E-state index is 12.4. The third kappa shape index (κ3) is 3.45. The average molecular weight is 340 g/mol. The van der Waals surface area contributed by atoms with Gasteiger partial charge in [-0.2, -0.15) is 5.10 Å². The number of nitrogens with zero attached hydrogens (tertiary/aromatic N) is 3. The predicted molar refractivity (Wildman–Crippen MR) is 93.2 cm³/mol. The molecule has 0 aliphatic carbocycles. The molecular weight excluding hydrogens is 320 g/mol. The molecule has 7 nitrogen and oxygen atoms in total. The van der Waals surface area contributed by atoms with E-state index in [0.717, 1.165) is 5.56 Å². The Morgan fingerprint density at radius 3 is 2.72 bits per heavy atom. The van der Waals surface area contributed by atoms with E-state index >= 15 is 0 Å². The van der Waals surface area contributed by atoms with Crippen LogP contribution >= 0.6 is 0 Å². The molecule has 0 aliphatic heterocycles. The molecule has 0 saturated heterocycles. The molecule has 3 rings (SSSR count). The van der Waals surface area contributed by atoms with Crippen molar-refractivity contribution >= 4 is 16.8 Å². The van der Waals surface area contributed by atoms with Crippen LogP contribution in [0.3, 0.4) is 0 Å². The number of benzene rings is 1. The van der Waals surface area contributed by atoms with Crippen LogP contribution in [0.5, 0.6) is 0 Å². The molecule has 1 atom stereocenters. The Balaban J connectivity index is 1.69. The van der Waals surface area contributed by atoms with Gasteiger partial charge in [-0.1, -0.05) is 35.5 Å². The first-order chi connectivity index (χ1) is 12.0. The van der Waals surface area contributed by atoms with Crippen molar-refractivity contribution in [2.24, 2.45) is 0 Å². The minimum absolute atomic E-state index is 0.0965. The van der Waals surface area contributed by atoms with Crippen molar-refractivity contribution in [3.8, 4) is 0 Å². The normalized spacial score (nSPS) is 12.3. The summed E-state index contributed by atoms with van der Waals surface area (Å²) in [6, 6.07) is 9.61. The molecule has 0 bridgehead atoms. The number of fused-ring (bicyclic) bond motifs is 1. The zero-order valence-corrected chi connectivity index (χ0v) is 14.4. The van der Waals surface area contributed by atoms with Gasteiger partial charge in [0.05, 0.1) is 23.7 Å². The highest BCUT2D eigenvalue weighted by Crippen LogP contribution is 2.16. The Hall–Kier alpha value is -2.96. The van der Waals surface area contributed by atoms with Gasteiger partial charge in [-0.25, -0.2) is 4.68 Å². The number of hydrogen-bond acceptors (Lipinski definition) is 5. The quantitative estimate of drug-likeness (QED) is 0.769. The molecule has 0 aliphatic rings. The van der Waals surface area contributed by atoms with Crippen molar-refractivity contribution < 1.29 is 9.32 Å². The van der Waals surface area contributed by atoms with Crippen LogP contribution in [0.15, 0.2) is 39.6 Å². The first-order valence-electron chi connectivity index (χ1n) is 8.15. The predicted octanol–water partition coefficient (Wildman–Crippen LogP) is 2.27. The summed E-state index contributed by atoms with van der Waals surface area (Å²) in [5.41, 5.74) is 1.59. The molecule has 0 fully saturated rings. The second kappa shape index (κ2) is 6.88. The SMILES string of the molecule is Cc1nn(CCC(=O)N[C@@H](C)c2ccccc2)c(=O)c2noc(C)c12. The average Bonchev–Trinajstić information content (AvgIpc) is 3.00. The van der Waals surface area contributed by atoms with E-state index in [-0.39, 0.29) is 36.0 Å². The van der Waals surface area contributed by atoms with E-state index in [0.29, 0.717) is 16.8 Å². The number of carbonyl (C=O) groups is 1. The number of hydrogen-bond donors (Lipinski definition) is 1. The van der Waals surface area contributed by atoms with Crippen molar-refractivity contribution in [2.75, 3.05) is 0 Å². The van der Waals surface area contributed by atoms with E-state index in [2.05, 4.69) is 15.6 Å². The fraction of sp³-hybridized carbons (Fsp3) is 0.333. The smallest absolute Gasteiger partial charge is 0.296 e. The van der Waals surface area contributed by atoms with E-state index in [1.165, 1.54) is 4.68 Å². The van der Waals surface area contributed by atoms with Gasteiger partial charge in [-0.3, -0.25) is 9.59 Å². The standard InChI is InChI=1S/C18H20N4O3/c1-11(14-7-5-4-6-8-14)19-15(23)9-10-22-18(24)17-16(12(2)20-22)13(3)25-21-17/h4-8,11H,9-10H2,1-3H3,(H,19,23)/t11-/m0/s1. The van der Waals surface area contributed by atoms with Crippen LogP contribution in [-0.2, 0) is 11.3 Å². The topological polar surface area (TPSA) is 90.0 Å². The van der Waals surface area contributed by atoms with E-state index in [9.17, 15) is 9.59 Å². The van der Waals surface area contributed by atoms with E-state index in [1.807, 2.05) is 37.3 Å². The maximum absolute atomic E-state index is 12.4. The number of amides is 1. The monoisotopic (exact) mass is 340 g/mol. The van der Waals surface area contributed by atoms with Crippen LogP contribution < -0.4 is 10.9 Å². The lowest BCUT2D eigenvalue weighted by molar-refractivity contribution is -0.122. The molecule has 25 heavy (non-hydrogen) atoms. The van der Waals surface area contributed by atoms with Crippen molar-refractivity contribution in [2.45, 2.75) is 39.8 Å². The lowest BCUT2D eigenvalue weighted by atomic mass is 10.1. The lowest BCUT2D eigenvalue weighted by Gasteiger charge is -2.14. The molecule has 0 radical (unpaired) electrons. The van der Waals surface area contributed by atoms with Crippen LogP contribution in [-0.4, -0.2) is 20.8 Å². The summed E-state index contributed by atoms with van der Waals surface area (Å²) in [5.74, 6) is 0.429. The molecule has 130 valence electrons. The Morgan fingerprint density at radius 2 is 2.00 bits per heavy atom.